The Labute approximate surface area is 64.1 Å². The molecule has 0 aliphatic carbocycles. The summed E-state index contributed by atoms with van der Waals surface area (Å²) in [5.74, 6) is -2.56. The molecule has 2 saturated heterocycles. The fourth-order valence-electron chi connectivity index (χ4n) is 1.88. The number of alkyl halides is 2. The second-order valence-corrected chi connectivity index (χ2v) is 3.33. The molecule has 2 rings (SSSR count). The fourth-order valence-corrected chi connectivity index (χ4v) is 1.88. The summed E-state index contributed by atoms with van der Waals surface area (Å²) in [6.07, 6.45) is -0.0590. The molecule has 0 spiro atoms. The number of quaternary nitrogens is 1. The van der Waals surface area contributed by atoms with E-state index in [-0.39, 0.29) is 19.1 Å². The SMILES string of the molecule is [CH2-][NH+]1C2COCC1C(F)(F)C2. The number of ether oxygens (including phenoxy) is 1. The number of morpholine rings is 1. The lowest BCUT2D eigenvalue weighted by Crippen LogP contribution is -3.15. The molecule has 11 heavy (non-hydrogen) atoms. The summed E-state index contributed by atoms with van der Waals surface area (Å²) in [6, 6.07) is -0.801. The number of hydrogen-bond donors (Lipinski definition) is 1. The van der Waals surface area contributed by atoms with Gasteiger partial charge < -0.3 is 9.64 Å². The van der Waals surface area contributed by atoms with E-state index in [1.165, 1.54) is 0 Å². The van der Waals surface area contributed by atoms with Crippen molar-refractivity contribution in [3.05, 3.63) is 7.05 Å². The summed E-state index contributed by atoms with van der Waals surface area (Å²) in [4.78, 5) is 0.696. The molecule has 0 saturated carbocycles. The highest BCUT2D eigenvalue weighted by Gasteiger charge is 2.56. The van der Waals surface area contributed by atoms with Gasteiger partial charge in [0.15, 0.2) is 6.04 Å². The van der Waals surface area contributed by atoms with Crippen molar-refractivity contribution in [1.29, 1.82) is 0 Å². The van der Waals surface area contributed by atoms with E-state index in [1.54, 1.807) is 0 Å². The van der Waals surface area contributed by atoms with Crippen molar-refractivity contribution >= 4 is 0 Å². The number of hydrogen-bond acceptors (Lipinski definition) is 1. The van der Waals surface area contributed by atoms with Crippen molar-refractivity contribution in [3.63, 3.8) is 0 Å². The van der Waals surface area contributed by atoms with Crippen molar-refractivity contribution < 1.29 is 18.4 Å². The number of halogens is 2. The second kappa shape index (κ2) is 2.14. The van der Waals surface area contributed by atoms with E-state index < -0.39 is 12.0 Å². The summed E-state index contributed by atoms with van der Waals surface area (Å²) < 4.78 is 31.0. The molecule has 3 atom stereocenters. The Balaban J connectivity index is 2.23. The first kappa shape index (κ1) is 7.43. The molecular formula is C7H11F2NO. The molecule has 4 heteroatoms. The molecule has 2 fully saturated rings. The Hall–Kier alpha value is -0.220. The molecule has 64 valence electrons. The van der Waals surface area contributed by atoms with Gasteiger partial charge in [-0.1, -0.05) is 0 Å². The van der Waals surface area contributed by atoms with E-state index in [1.807, 2.05) is 0 Å². The number of nitrogens with one attached hydrogen (secondary N) is 1. The van der Waals surface area contributed by atoms with E-state index in [9.17, 15) is 8.78 Å². The van der Waals surface area contributed by atoms with E-state index in [0.29, 0.717) is 11.5 Å². The Morgan fingerprint density at radius 1 is 1.45 bits per heavy atom. The molecule has 0 amide bonds. The van der Waals surface area contributed by atoms with Gasteiger partial charge in [-0.25, -0.2) is 0 Å². The monoisotopic (exact) mass is 163 g/mol. The molecule has 2 bridgehead atoms. The van der Waals surface area contributed by atoms with Crippen LogP contribution in [0.5, 0.6) is 0 Å². The molecular weight excluding hydrogens is 152 g/mol. The first-order valence-electron chi connectivity index (χ1n) is 3.75. The zero-order valence-corrected chi connectivity index (χ0v) is 6.15. The van der Waals surface area contributed by atoms with Gasteiger partial charge in [0.05, 0.1) is 19.1 Å². The Kier molecular flexibility index (Phi) is 1.44. The van der Waals surface area contributed by atoms with Crippen LogP contribution in [-0.4, -0.2) is 31.2 Å². The Morgan fingerprint density at radius 2 is 2.18 bits per heavy atom. The van der Waals surface area contributed by atoms with Gasteiger partial charge >= 0.3 is 5.92 Å². The molecule has 1 N–H and O–H groups in total. The quantitative estimate of drug-likeness (QED) is 0.474. The van der Waals surface area contributed by atoms with Crippen molar-refractivity contribution in [2.24, 2.45) is 0 Å². The summed E-state index contributed by atoms with van der Waals surface area (Å²) in [6.45, 7) is 0.591. The third-order valence-electron chi connectivity index (χ3n) is 2.60. The van der Waals surface area contributed by atoms with Crippen LogP contribution >= 0.6 is 0 Å². The first-order valence-corrected chi connectivity index (χ1v) is 3.75. The molecule has 3 unspecified atom stereocenters. The summed E-state index contributed by atoms with van der Waals surface area (Å²) in [7, 11) is 3.67. The lowest BCUT2D eigenvalue weighted by atomic mass is 10.1. The number of fused-ring (bicyclic) bond motifs is 2. The molecule has 2 aliphatic rings. The van der Waals surface area contributed by atoms with Gasteiger partial charge in [0.1, 0.15) is 6.61 Å². The van der Waals surface area contributed by atoms with Crippen molar-refractivity contribution in [2.45, 2.75) is 24.4 Å². The summed E-state index contributed by atoms with van der Waals surface area (Å²) >= 11 is 0. The zero-order chi connectivity index (χ0) is 8.06. The van der Waals surface area contributed by atoms with Gasteiger partial charge in [-0.3, -0.25) is 0 Å². The smallest absolute Gasteiger partial charge is 0.304 e. The maximum absolute atomic E-state index is 13.0. The van der Waals surface area contributed by atoms with Gasteiger partial charge in [-0.15, -0.1) is 7.05 Å². The molecule has 0 aromatic heterocycles. The Morgan fingerprint density at radius 3 is 2.73 bits per heavy atom. The van der Waals surface area contributed by atoms with E-state index >= 15 is 0 Å². The van der Waals surface area contributed by atoms with Gasteiger partial charge in [-0.2, -0.15) is 8.78 Å². The standard InChI is InChI=1S/C7H11F2NO/c1-10-5-2-7(8,9)6(10)4-11-3-5/h5-6,10H,1-4H2. The minimum Gasteiger partial charge on any atom is -0.454 e. The average molecular weight is 163 g/mol. The minimum atomic E-state index is -2.56. The highest BCUT2D eigenvalue weighted by molar-refractivity contribution is 4.89. The van der Waals surface area contributed by atoms with Crippen LogP contribution in [0.4, 0.5) is 8.78 Å². The predicted molar refractivity (Wildman–Crippen MR) is 34.3 cm³/mol. The largest absolute Gasteiger partial charge is 0.454 e. The fraction of sp³-hybridized carbons (Fsp3) is 0.857. The second-order valence-electron chi connectivity index (χ2n) is 3.33. The van der Waals surface area contributed by atoms with Crippen LogP contribution in [0.3, 0.4) is 0 Å². The molecule has 0 aromatic carbocycles. The van der Waals surface area contributed by atoms with Crippen molar-refractivity contribution in [2.75, 3.05) is 13.2 Å². The highest BCUT2D eigenvalue weighted by Crippen LogP contribution is 2.30. The summed E-state index contributed by atoms with van der Waals surface area (Å²) in [5, 5.41) is 0. The molecule has 2 nitrogen and oxygen atoms in total. The maximum Gasteiger partial charge on any atom is 0.304 e. The number of rotatable bonds is 0. The van der Waals surface area contributed by atoms with Crippen molar-refractivity contribution in [3.8, 4) is 0 Å². The van der Waals surface area contributed by atoms with Crippen LogP contribution < -0.4 is 4.90 Å². The normalized spacial score (nSPS) is 47.7. The first-order chi connectivity index (χ1) is 5.11. The predicted octanol–water partition coefficient (Wildman–Crippen LogP) is -0.531. The topological polar surface area (TPSA) is 13.7 Å². The van der Waals surface area contributed by atoms with Crippen molar-refractivity contribution in [1.82, 2.24) is 0 Å². The zero-order valence-electron chi connectivity index (χ0n) is 6.15. The molecule has 2 heterocycles. The lowest BCUT2D eigenvalue weighted by molar-refractivity contribution is -0.906. The van der Waals surface area contributed by atoms with Gasteiger partial charge in [0, 0.05) is 0 Å². The maximum atomic E-state index is 13.0. The molecule has 0 aromatic rings. The third kappa shape index (κ3) is 0.964. The van der Waals surface area contributed by atoms with E-state index in [0.717, 1.165) is 0 Å². The van der Waals surface area contributed by atoms with Crippen LogP contribution in [-0.2, 0) is 4.74 Å². The van der Waals surface area contributed by atoms with Crippen LogP contribution in [0.2, 0.25) is 0 Å². The molecule has 0 radical (unpaired) electrons. The lowest BCUT2D eigenvalue weighted by Gasteiger charge is -2.33. The van der Waals surface area contributed by atoms with E-state index in [2.05, 4.69) is 7.05 Å². The highest BCUT2D eigenvalue weighted by atomic mass is 19.3. The summed E-state index contributed by atoms with van der Waals surface area (Å²) in [5.41, 5.74) is 0. The minimum absolute atomic E-state index is 0.0590. The van der Waals surface area contributed by atoms with Crippen LogP contribution in [0.25, 0.3) is 0 Å². The van der Waals surface area contributed by atoms with Gasteiger partial charge in [0.2, 0.25) is 0 Å². The molecule has 2 aliphatic heterocycles. The van der Waals surface area contributed by atoms with E-state index in [4.69, 9.17) is 4.74 Å². The van der Waals surface area contributed by atoms with Gasteiger partial charge in [-0.05, 0) is 0 Å². The average Bonchev–Trinajstić information content (AvgIpc) is 2.11. The van der Waals surface area contributed by atoms with Crippen LogP contribution in [0.15, 0.2) is 0 Å². The Bertz CT molecular complexity index is 174. The third-order valence-corrected chi connectivity index (χ3v) is 2.60. The van der Waals surface area contributed by atoms with Crippen LogP contribution in [0.1, 0.15) is 6.42 Å². The van der Waals surface area contributed by atoms with Crippen LogP contribution in [0, 0.1) is 7.05 Å². The van der Waals surface area contributed by atoms with Gasteiger partial charge in [0.25, 0.3) is 0 Å².